The molecule has 0 unspecified atom stereocenters. The van der Waals surface area contributed by atoms with E-state index in [0.29, 0.717) is 13.1 Å². The zero-order valence-electron chi connectivity index (χ0n) is 12.0. The first kappa shape index (κ1) is 15.8. The molecule has 20 heavy (non-hydrogen) atoms. The molecule has 1 aromatic rings. The van der Waals surface area contributed by atoms with E-state index >= 15 is 0 Å². The van der Waals surface area contributed by atoms with Crippen LogP contribution in [0.3, 0.4) is 0 Å². The summed E-state index contributed by atoms with van der Waals surface area (Å²) in [5.41, 5.74) is 6.84. The SMILES string of the molecule is CCNC(=O)CN=C(N)NCCc1ccc(OC)cc1. The molecule has 1 rings (SSSR count). The van der Waals surface area contributed by atoms with Gasteiger partial charge < -0.3 is 21.1 Å². The van der Waals surface area contributed by atoms with Crippen LogP contribution >= 0.6 is 0 Å². The van der Waals surface area contributed by atoms with Gasteiger partial charge in [-0.1, -0.05) is 12.1 Å². The van der Waals surface area contributed by atoms with Gasteiger partial charge in [0.2, 0.25) is 5.91 Å². The molecule has 1 aromatic carbocycles. The zero-order valence-corrected chi connectivity index (χ0v) is 12.0. The maximum Gasteiger partial charge on any atom is 0.241 e. The van der Waals surface area contributed by atoms with E-state index in [1.54, 1.807) is 7.11 Å². The summed E-state index contributed by atoms with van der Waals surface area (Å²) in [4.78, 5) is 15.1. The third-order valence-corrected chi connectivity index (χ3v) is 2.65. The molecule has 0 spiro atoms. The van der Waals surface area contributed by atoms with Crippen molar-refractivity contribution in [3.63, 3.8) is 0 Å². The maximum absolute atomic E-state index is 11.2. The fourth-order valence-corrected chi connectivity index (χ4v) is 1.59. The van der Waals surface area contributed by atoms with E-state index in [0.717, 1.165) is 12.2 Å². The van der Waals surface area contributed by atoms with Crippen LogP contribution in [0.25, 0.3) is 0 Å². The summed E-state index contributed by atoms with van der Waals surface area (Å²) in [5.74, 6) is 0.988. The van der Waals surface area contributed by atoms with Crippen molar-refractivity contribution in [1.29, 1.82) is 0 Å². The summed E-state index contributed by atoms with van der Waals surface area (Å²) in [6.45, 7) is 3.17. The highest BCUT2D eigenvalue weighted by molar-refractivity contribution is 5.83. The van der Waals surface area contributed by atoms with Gasteiger partial charge in [-0.25, -0.2) is 4.99 Å². The van der Waals surface area contributed by atoms with Crippen LogP contribution in [0.2, 0.25) is 0 Å². The second-order valence-electron chi connectivity index (χ2n) is 4.18. The van der Waals surface area contributed by atoms with Crippen molar-refractivity contribution in [2.24, 2.45) is 10.7 Å². The lowest BCUT2D eigenvalue weighted by Gasteiger charge is -2.06. The lowest BCUT2D eigenvalue weighted by Crippen LogP contribution is -2.35. The summed E-state index contributed by atoms with van der Waals surface area (Å²) >= 11 is 0. The first-order valence-corrected chi connectivity index (χ1v) is 6.59. The first-order chi connectivity index (χ1) is 9.65. The number of nitrogens with one attached hydrogen (secondary N) is 2. The van der Waals surface area contributed by atoms with Crippen molar-refractivity contribution < 1.29 is 9.53 Å². The summed E-state index contributed by atoms with van der Waals surface area (Å²) in [7, 11) is 1.64. The average molecular weight is 278 g/mol. The van der Waals surface area contributed by atoms with Gasteiger partial charge in [0, 0.05) is 13.1 Å². The molecule has 0 saturated carbocycles. The highest BCUT2D eigenvalue weighted by Gasteiger charge is 1.98. The minimum atomic E-state index is -0.132. The fraction of sp³-hybridized carbons (Fsp3) is 0.429. The van der Waals surface area contributed by atoms with E-state index in [2.05, 4.69) is 15.6 Å². The third-order valence-electron chi connectivity index (χ3n) is 2.65. The third kappa shape index (κ3) is 6.08. The number of hydrogen-bond donors (Lipinski definition) is 3. The Morgan fingerprint density at radius 2 is 2.00 bits per heavy atom. The van der Waals surface area contributed by atoms with Crippen LogP contribution in [-0.4, -0.2) is 38.6 Å². The Balaban J connectivity index is 2.28. The van der Waals surface area contributed by atoms with Gasteiger partial charge in [0.25, 0.3) is 0 Å². The van der Waals surface area contributed by atoms with Gasteiger partial charge >= 0.3 is 0 Å². The highest BCUT2D eigenvalue weighted by atomic mass is 16.5. The summed E-state index contributed by atoms with van der Waals surface area (Å²) in [6, 6.07) is 7.84. The molecule has 6 nitrogen and oxygen atoms in total. The standard InChI is InChI=1S/C14H22N4O2/c1-3-16-13(19)10-18-14(15)17-9-8-11-4-6-12(20-2)7-5-11/h4-7H,3,8-10H2,1-2H3,(H,16,19)(H3,15,17,18). The molecule has 110 valence electrons. The number of aliphatic imine (C=N–C) groups is 1. The number of rotatable bonds is 7. The van der Waals surface area contributed by atoms with Gasteiger partial charge in [-0.2, -0.15) is 0 Å². The molecule has 0 aliphatic heterocycles. The number of nitrogens with zero attached hydrogens (tertiary/aromatic N) is 1. The molecular weight excluding hydrogens is 256 g/mol. The van der Waals surface area contributed by atoms with Crippen molar-refractivity contribution in [1.82, 2.24) is 10.6 Å². The van der Waals surface area contributed by atoms with Crippen LogP contribution in [0.5, 0.6) is 5.75 Å². The first-order valence-electron chi connectivity index (χ1n) is 6.59. The number of benzene rings is 1. The molecule has 1 amide bonds. The Bertz CT molecular complexity index is 443. The minimum absolute atomic E-state index is 0.0508. The van der Waals surface area contributed by atoms with Crippen molar-refractivity contribution >= 4 is 11.9 Å². The summed E-state index contributed by atoms with van der Waals surface area (Å²) in [6.07, 6.45) is 0.821. The number of carbonyl (C=O) groups excluding carboxylic acids is 1. The smallest absolute Gasteiger partial charge is 0.241 e. The molecule has 0 saturated heterocycles. The molecule has 4 N–H and O–H groups in total. The van der Waals surface area contributed by atoms with E-state index in [9.17, 15) is 4.79 Å². The van der Waals surface area contributed by atoms with Gasteiger partial charge in [0.1, 0.15) is 12.3 Å². The van der Waals surface area contributed by atoms with Crippen LogP contribution in [0.1, 0.15) is 12.5 Å². The molecule has 0 atom stereocenters. The number of ether oxygens (including phenoxy) is 1. The van der Waals surface area contributed by atoms with Crippen LogP contribution in [0.15, 0.2) is 29.3 Å². The number of amides is 1. The quantitative estimate of drug-likeness (QED) is 0.494. The number of likely N-dealkylation sites (N-methyl/N-ethyl adjacent to an activating group) is 1. The second kappa shape index (κ2) is 8.79. The molecule has 0 aromatic heterocycles. The summed E-state index contributed by atoms with van der Waals surface area (Å²) in [5, 5.41) is 5.63. The van der Waals surface area contributed by atoms with Crippen molar-refractivity contribution in [2.75, 3.05) is 26.7 Å². The van der Waals surface area contributed by atoms with Gasteiger partial charge in [0.15, 0.2) is 5.96 Å². The van der Waals surface area contributed by atoms with E-state index in [1.165, 1.54) is 5.56 Å². The number of hydrogen-bond acceptors (Lipinski definition) is 3. The predicted molar refractivity (Wildman–Crippen MR) is 79.9 cm³/mol. The largest absolute Gasteiger partial charge is 0.497 e. The maximum atomic E-state index is 11.2. The molecule has 0 aliphatic carbocycles. The van der Waals surface area contributed by atoms with E-state index in [1.807, 2.05) is 31.2 Å². The molecule has 0 bridgehead atoms. The normalized spacial score (nSPS) is 11.0. The van der Waals surface area contributed by atoms with Crippen LogP contribution in [0, 0.1) is 0 Å². The lowest BCUT2D eigenvalue weighted by atomic mass is 10.1. The molecule has 0 aliphatic rings. The molecule has 0 radical (unpaired) electrons. The van der Waals surface area contributed by atoms with Crippen LogP contribution in [0.4, 0.5) is 0 Å². The number of methoxy groups -OCH3 is 1. The van der Waals surface area contributed by atoms with E-state index < -0.39 is 0 Å². The summed E-state index contributed by atoms with van der Waals surface area (Å²) < 4.78 is 5.09. The number of nitrogens with two attached hydrogens (primary N) is 1. The number of carbonyl (C=O) groups is 1. The Labute approximate surface area is 119 Å². The van der Waals surface area contributed by atoms with Crippen LogP contribution in [-0.2, 0) is 11.2 Å². The fourth-order valence-electron chi connectivity index (χ4n) is 1.59. The minimum Gasteiger partial charge on any atom is -0.497 e. The molecule has 6 heteroatoms. The predicted octanol–water partition coefficient (Wildman–Crippen LogP) is 0.278. The van der Waals surface area contributed by atoms with Crippen LogP contribution < -0.4 is 21.1 Å². The van der Waals surface area contributed by atoms with Gasteiger partial charge in [0.05, 0.1) is 7.11 Å². The molecule has 0 heterocycles. The van der Waals surface area contributed by atoms with Gasteiger partial charge in [-0.05, 0) is 31.0 Å². The average Bonchev–Trinajstić information content (AvgIpc) is 2.46. The molecule has 0 fully saturated rings. The second-order valence-corrected chi connectivity index (χ2v) is 4.18. The van der Waals surface area contributed by atoms with Crippen molar-refractivity contribution in [3.8, 4) is 5.75 Å². The zero-order chi connectivity index (χ0) is 14.8. The Morgan fingerprint density at radius 1 is 1.30 bits per heavy atom. The lowest BCUT2D eigenvalue weighted by molar-refractivity contribution is -0.119. The Hall–Kier alpha value is -2.24. The number of guanidine groups is 1. The van der Waals surface area contributed by atoms with E-state index in [4.69, 9.17) is 10.5 Å². The highest BCUT2D eigenvalue weighted by Crippen LogP contribution is 2.11. The van der Waals surface area contributed by atoms with Crippen molar-refractivity contribution in [2.45, 2.75) is 13.3 Å². The van der Waals surface area contributed by atoms with E-state index in [-0.39, 0.29) is 18.4 Å². The van der Waals surface area contributed by atoms with Gasteiger partial charge in [-0.15, -0.1) is 0 Å². The monoisotopic (exact) mass is 278 g/mol. The molecular formula is C14H22N4O2. The Kier molecular flexibility index (Phi) is 6.95. The topological polar surface area (TPSA) is 88.7 Å². The van der Waals surface area contributed by atoms with Crippen molar-refractivity contribution in [3.05, 3.63) is 29.8 Å². The van der Waals surface area contributed by atoms with Gasteiger partial charge in [-0.3, -0.25) is 4.79 Å². The Morgan fingerprint density at radius 3 is 2.60 bits per heavy atom.